The molecule has 1 amide bonds. The summed E-state index contributed by atoms with van der Waals surface area (Å²) in [7, 11) is 0. The number of likely N-dealkylation sites (tertiary alicyclic amines) is 1. The van der Waals surface area contributed by atoms with Gasteiger partial charge in [0, 0.05) is 36.1 Å². The normalized spacial score (nSPS) is 17.3. The quantitative estimate of drug-likeness (QED) is 0.213. The molecule has 2 aliphatic heterocycles. The minimum atomic E-state index is -5.09. The largest absolute Gasteiger partial charge is 0.416 e. The van der Waals surface area contributed by atoms with Crippen molar-refractivity contribution in [3.63, 3.8) is 0 Å². The van der Waals surface area contributed by atoms with Gasteiger partial charge in [0.1, 0.15) is 5.69 Å². The molecular formula is C30H24Cl2F6N4O2S2. The summed E-state index contributed by atoms with van der Waals surface area (Å²) in [5, 5.41) is 14.9. The van der Waals surface area contributed by atoms with Crippen LogP contribution in [0.5, 0.6) is 0 Å². The molecule has 4 heterocycles. The summed E-state index contributed by atoms with van der Waals surface area (Å²) in [6.45, 7) is 3.81. The van der Waals surface area contributed by atoms with Gasteiger partial charge in [-0.15, -0.1) is 11.8 Å². The van der Waals surface area contributed by atoms with Crippen molar-refractivity contribution in [1.82, 2.24) is 19.7 Å². The molecule has 2 aliphatic rings. The van der Waals surface area contributed by atoms with Crippen molar-refractivity contribution in [2.45, 2.75) is 48.5 Å². The summed E-state index contributed by atoms with van der Waals surface area (Å²) < 4.78 is 85.2. The van der Waals surface area contributed by atoms with Gasteiger partial charge >= 0.3 is 12.4 Å². The second-order valence-corrected chi connectivity index (χ2v) is 14.6. The number of thioether (sulfide) groups is 1. The molecule has 6 nitrogen and oxygen atoms in total. The number of halogens is 8. The van der Waals surface area contributed by atoms with Gasteiger partial charge in [-0.2, -0.15) is 36.1 Å². The molecule has 1 unspecified atom stereocenters. The van der Waals surface area contributed by atoms with Crippen molar-refractivity contribution in [2.75, 3.05) is 19.7 Å². The summed E-state index contributed by atoms with van der Waals surface area (Å²) in [5.74, 6) is -0.652. The number of aliphatic hydroxyl groups is 1. The second kappa shape index (κ2) is 12.0. The first kappa shape index (κ1) is 33.1. The molecule has 2 aromatic carbocycles. The van der Waals surface area contributed by atoms with Crippen LogP contribution in [0.4, 0.5) is 26.3 Å². The molecule has 4 aromatic rings. The highest BCUT2D eigenvalue weighted by atomic mass is 35.5. The number of alkyl halides is 6. The summed E-state index contributed by atoms with van der Waals surface area (Å²) in [6, 6.07) is 4.70. The highest BCUT2D eigenvalue weighted by Crippen LogP contribution is 2.53. The maximum absolute atomic E-state index is 14.2. The number of benzene rings is 2. The van der Waals surface area contributed by atoms with Crippen molar-refractivity contribution in [3.8, 4) is 27.5 Å². The highest BCUT2D eigenvalue weighted by molar-refractivity contribution is 8.01. The van der Waals surface area contributed by atoms with Crippen molar-refractivity contribution in [3.05, 3.63) is 68.5 Å². The fourth-order valence-corrected chi connectivity index (χ4v) is 8.61. The SMILES string of the molecule is Cc1nn(-c2nc3c(s2)SC(C)c2cc(Cl)c(Cl)cc2-3)c(C(=O)N2CCC(CO)CC2)c1-c1cc(C(F)(F)F)cc(C(F)(F)F)c1. The zero-order chi connectivity index (χ0) is 33.3. The van der Waals surface area contributed by atoms with Gasteiger partial charge in [-0.3, -0.25) is 4.79 Å². The third-order valence-corrected chi connectivity index (χ3v) is 11.2. The lowest BCUT2D eigenvalue weighted by Crippen LogP contribution is -2.40. The van der Waals surface area contributed by atoms with Crippen LogP contribution in [0.3, 0.4) is 0 Å². The van der Waals surface area contributed by atoms with Gasteiger partial charge in [0.25, 0.3) is 5.91 Å². The highest BCUT2D eigenvalue weighted by Gasteiger charge is 2.39. The average Bonchev–Trinajstić information content (AvgIpc) is 3.57. The van der Waals surface area contributed by atoms with Crippen LogP contribution in [0.25, 0.3) is 27.5 Å². The van der Waals surface area contributed by atoms with E-state index in [0.29, 0.717) is 46.3 Å². The van der Waals surface area contributed by atoms with E-state index in [-0.39, 0.29) is 59.0 Å². The molecule has 1 fully saturated rings. The second-order valence-electron chi connectivity index (χ2n) is 11.2. The van der Waals surface area contributed by atoms with Crippen LogP contribution < -0.4 is 0 Å². The first-order chi connectivity index (χ1) is 21.6. The fourth-order valence-electron chi connectivity index (χ4n) is 5.74. The fraction of sp³-hybridized carbons (Fsp3) is 0.367. The standard InChI is InChI=1S/C30H24Cl2F6N4O2S2/c1-13-23(16-7-17(29(33,34)35)9-18(8-16)30(36,37)38)25(26(44)41-5-3-15(12-43)4-6-41)42(40-13)28-39-24-20-11-22(32)21(31)10-19(20)14(2)45-27(24)46-28/h7-11,14-15,43H,3-6,12H2,1-2H3. The molecule has 1 N–H and O–H groups in total. The number of carbonyl (C=O) groups excluding carboxylic acids is 1. The predicted octanol–water partition coefficient (Wildman–Crippen LogP) is 9.33. The number of thiazole rings is 1. The number of carbonyl (C=O) groups is 1. The molecule has 6 rings (SSSR count). The van der Waals surface area contributed by atoms with E-state index in [1.807, 2.05) is 6.92 Å². The number of aromatic nitrogens is 3. The van der Waals surface area contributed by atoms with E-state index in [4.69, 9.17) is 28.2 Å². The topological polar surface area (TPSA) is 71.2 Å². The minimum Gasteiger partial charge on any atom is -0.396 e. The molecule has 0 saturated carbocycles. The van der Waals surface area contributed by atoms with Crippen LogP contribution in [0, 0.1) is 12.8 Å². The average molecular weight is 722 g/mol. The van der Waals surface area contributed by atoms with E-state index in [2.05, 4.69) is 5.10 Å². The van der Waals surface area contributed by atoms with Crippen molar-refractivity contribution >= 4 is 52.2 Å². The number of rotatable bonds is 4. The number of fused-ring (bicyclic) bond motifs is 3. The molecule has 0 bridgehead atoms. The Hall–Kier alpha value is -2.78. The Balaban J connectivity index is 1.56. The Morgan fingerprint density at radius 1 is 1.00 bits per heavy atom. The number of amides is 1. The number of aryl methyl sites for hydroxylation is 1. The number of aliphatic hydroxyl groups excluding tert-OH is 1. The summed E-state index contributed by atoms with van der Waals surface area (Å²) in [6.07, 6.45) is -9.22. The molecule has 0 spiro atoms. The Morgan fingerprint density at radius 3 is 2.20 bits per heavy atom. The maximum Gasteiger partial charge on any atom is 0.416 e. The number of nitrogens with zero attached hydrogens (tertiary/aromatic N) is 4. The van der Waals surface area contributed by atoms with Crippen LogP contribution >= 0.6 is 46.3 Å². The van der Waals surface area contributed by atoms with Crippen molar-refractivity contribution in [2.24, 2.45) is 5.92 Å². The third kappa shape index (κ3) is 6.02. The van der Waals surface area contributed by atoms with Crippen LogP contribution in [0.15, 0.2) is 34.5 Å². The summed E-state index contributed by atoms with van der Waals surface area (Å²) in [4.78, 5) is 20.5. The van der Waals surface area contributed by atoms with Gasteiger partial charge in [0.15, 0.2) is 0 Å². The number of hydrogen-bond acceptors (Lipinski definition) is 6. The minimum absolute atomic E-state index is 0.0296. The van der Waals surface area contributed by atoms with Gasteiger partial charge < -0.3 is 10.0 Å². The van der Waals surface area contributed by atoms with Crippen LogP contribution in [0.1, 0.15) is 57.9 Å². The monoisotopic (exact) mass is 720 g/mol. The maximum atomic E-state index is 14.2. The molecule has 2 aromatic heterocycles. The molecule has 0 aliphatic carbocycles. The lowest BCUT2D eigenvalue weighted by molar-refractivity contribution is -0.143. The predicted molar refractivity (Wildman–Crippen MR) is 165 cm³/mol. The van der Waals surface area contributed by atoms with E-state index in [0.717, 1.165) is 9.77 Å². The third-order valence-electron chi connectivity index (χ3n) is 8.13. The van der Waals surface area contributed by atoms with Gasteiger partial charge in [-0.05, 0) is 74.1 Å². The molecule has 1 atom stereocenters. The van der Waals surface area contributed by atoms with Crippen LogP contribution in [-0.2, 0) is 12.4 Å². The molecule has 46 heavy (non-hydrogen) atoms. The van der Waals surface area contributed by atoms with Gasteiger partial charge in [-0.25, -0.2) is 4.98 Å². The van der Waals surface area contributed by atoms with Crippen molar-refractivity contribution < 1.29 is 36.2 Å². The van der Waals surface area contributed by atoms with Gasteiger partial charge in [0.05, 0.1) is 36.8 Å². The van der Waals surface area contributed by atoms with Crippen molar-refractivity contribution in [1.29, 1.82) is 0 Å². The first-order valence-corrected chi connectivity index (χ1v) is 16.5. The lowest BCUT2D eigenvalue weighted by atomic mass is 9.95. The zero-order valence-corrected chi connectivity index (χ0v) is 27.2. The molecular weight excluding hydrogens is 697 g/mol. The Kier molecular flexibility index (Phi) is 8.67. The van der Waals surface area contributed by atoms with E-state index in [1.165, 1.54) is 39.6 Å². The summed E-state index contributed by atoms with van der Waals surface area (Å²) >= 11 is 15.3. The van der Waals surface area contributed by atoms with Crippen LogP contribution in [-0.4, -0.2) is 50.4 Å². The number of piperidine rings is 1. The molecule has 1 saturated heterocycles. The lowest BCUT2D eigenvalue weighted by Gasteiger charge is -2.31. The Labute approximate surface area is 277 Å². The van der Waals surface area contributed by atoms with Gasteiger partial charge in [0.2, 0.25) is 5.13 Å². The summed E-state index contributed by atoms with van der Waals surface area (Å²) in [5.41, 5.74) is -1.63. The number of hydrogen-bond donors (Lipinski definition) is 1. The van der Waals surface area contributed by atoms with Crippen LogP contribution in [0.2, 0.25) is 10.0 Å². The van der Waals surface area contributed by atoms with Gasteiger partial charge in [-0.1, -0.05) is 34.5 Å². The Bertz CT molecular complexity index is 1820. The van der Waals surface area contributed by atoms with E-state index in [9.17, 15) is 36.2 Å². The van der Waals surface area contributed by atoms with E-state index < -0.39 is 35.0 Å². The zero-order valence-electron chi connectivity index (χ0n) is 24.1. The smallest absolute Gasteiger partial charge is 0.396 e. The molecule has 0 radical (unpaired) electrons. The van der Waals surface area contributed by atoms with E-state index >= 15 is 0 Å². The first-order valence-electron chi connectivity index (χ1n) is 14.0. The van der Waals surface area contributed by atoms with E-state index in [1.54, 1.807) is 12.1 Å². The Morgan fingerprint density at radius 2 is 1.61 bits per heavy atom. The molecule has 16 heteroatoms. The molecule has 244 valence electrons.